The SMILES string of the molecule is COc1ccccc1NC(=O)CS(=O)(=O)c1ccc2[nH]c(=O)cc(C)c2c1. The molecule has 0 aliphatic carbocycles. The smallest absolute Gasteiger partial charge is 0.248 e. The van der Waals surface area contributed by atoms with Gasteiger partial charge < -0.3 is 15.0 Å². The zero-order valence-corrected chi connectivity index (χ0v) is 15.6. The molecule has 0 saturated heterocycles. The number of aryl methyl sites for hydroxylation is 1. The van der Waals surface area contributed by atoms with Gasteiger partial charge in [-0.25, -0.2) is 8.42 Å². The van der Waals surface area contributed by atoms with Crippen molar-refractivity contribution < 1.29 is 17.9 Å². The number of para-hydroxylation sites is 2. The maximum absolute atomic E-state index is 12.6. The molecule has 0 aliphatic rings. The Morgan fingerprint density at radius 2 is 1.89 bits per heavy atom. The lowest BCUT2D eigenvalue weighted by molar-refractivity contribution is -0.113. The van der Waals surface area contributed by atoms with E-state index in [1.165, 1.54) is 31.4 Å². The number of benzene rings is 2. The van der Waals surface area contributed by atoms with Crippen LogP contribution in [0.1, 0.15) is 5.56 Å². The Bertz CT molecular complexity index is 1180. The number of nitrogens with one attached hydrogen (secondary N) is 2. The number of H-pyrrole nitrogens is 1. The number of carbonyl (C=O) groups is 1. The molecular formula is C19H18N2O5S. The second-order valence-corrected chi connectivity index (χ2v) is 8.02. The number of aromatic amines is 1. The van der Waals surface area contributed by atoms with Crippen molar-refractivity contribution in [2.45, 2.75) is 11.8 Å². The van der Waals surface area contributed by atoms with Gasteiger partial charge in [-0.2, -0.15) is 0 Å². The number of rotatable bonds is 5. The van der Waals surface area contributed by atoms with Crippen LogP contribution in [0.5, 0.6) is 5.75 Å². The number of sulfone groups is 1. The summed E-state index contributed by atoms with van der Waals surface area (Å²) in [6, 6.07) is 12.5. The van der Waals surface area contributed by atoms with Gasteiger partial charge in [0.25, 0.3) is 0 Å². The van der Waals surface area contributed by atoms with E-state index in [-0.39, 0.29) is 10.5 Å². The number of carbonyl (C=O) groups excluding carboxylic acids is 1. The number of hydrogen-bond acceptors (Lipinski definition) is 5. The minimum atomic E-state index is -3.86. The quantitative estimate of drug-likeness (QED) is 0.700. The Kier molecular flexibility index (Phi) is 5.00. The van der Waals surface area contributed by atoms with E-state index in [9.17, 15) is 18.0 Å². The monoisotopic (exact) mass is 386 g/mol. The molecule has 3 aromatic rings. The Labute approximate surface area is 155 Å². The molecule has 8 heteroatoms. The van der Waals surface area contributed by atoms with E-state index < -0.39 is 21.5 Å². The van der Waals surface area contributed by atoms with Crippen LogP contribution in [0.2, 0.25) is 0 Å². The van der Waals surface area contributed by atoms with E-state index in [0.717, 1.165) is 0 Å². The van der Waals surface area contributed by atoms with Crippen LogP contribution >= 0.6 is 0 Å². The van der Waals surface area contributed by atoms with Crippen molar-refractivity contribution in [3.05, 3.63) is 64.4 Å². The van der Waals surface area contributed by atoms with Crippen LogP contribution in [0.25, 0.3) is 10.9 Å². The van der Waals surface area contributed by atoms with Gasteiger partial charge in [-0.1, -0.05) is 12.1 Å². The van der Waals surface area contributed by atoms with Crippen molar-refractivity contribution in [1.82, 2.24) is 4.98 Å². The summed E-state index contributed by atoms with van der Waals surface area (Å²) in [6.07, 6.45) is 0. The van der Waals surface area contributed by atoms with Crippen molar-refractivity contribution in [2.24, 2.45) is 0 Å². The highest BCUT2D eigenvalue weighted by molar-refractivity contribution is 7.92. The van der Waals surface area contributed by atoms with Gasteiger partial charge in [0.05, 0.1) is 17.7 Å². The van der Waals surface area contributed by atoms with Gasteiger partial charge >= 0.3 is 0 Å². The van der Waals surface area contributed by atoms with E-state index in [0.29, 0.717) is 27.9 Å². The highest BCUT2D eigenvalue weighted by Gasteiger charge is 2.21. The molecule has 0 fully saturated rings. The number of fused-ring (bicyclic) bond motifs is 1. The Morgan fingerprint density at radius 1 is 1.15 bits per heavy atom. The standard InChI is InChI=1S/C19H18N2O5S/c1-12-9-18(22)20-15-8-7-13(10-14(12)15)27(24,25)11-19(23)21-16-5-3-4-6-17(16)26-2/h3-10H,11H2,1-2H3,(H,20,22)(H,21,23). The van der Waals surface area contributed by atoms with E-state index in [2.05, 4.69) is 10.3 Å². The van der Waals surface area contributed by atoms with Crippen LogP contribution in [0.3, 0.4) is 0 Å². The molecular weight excluding hydrogens is 368 g/mol. The average molecular weight is 386 g/mol. The second kappa shape index (κ2) is 7.24. The van der Waals surface area contributed by atoms with Crippen LogP contribution in [-0.4, -0.2) is 32.2 Å². The molecule has 0 bridgehead atoms. The van der Waals surface area contributed by atoms with E-state index >= 15 is 0 Å². The first-order chi connectivity index (χ1) is 12.8. The fourth-order valence-electron chi connectivity index (χ4n) is 2.79. The number of anilines is 1. The minimum Gasteiger partial charge on any atom is -0.495 e. The van der Waals surface area contributed by atoms with Crippen molar-refractivity contribution in [3.8, 4) is 5.75 Å². The van der Waals surface area contributed by atoms with Crippen LogP contribution < -0.4 is 15.6 Å². The normalized spacial score (nSPS) is 11.3. The highest BCUT2D eigenvalue weighted by atomic mass is 32.2. The van der Waals surface area contributed by atoms with Crippen LogP contribution in [0.4, 0.5) is 5.69 Å². The number of ether oxygens (including phenoxy) is 1. The predicted molar refractivity (Wildman–Crippen MR) is 103 cm³/mol. The first-order valence-corrected chi connectivity index (χ1v) is 9.75. The summed E-state index contributed by atoms with van der Waals surface area (Å²) in [5.41, 5.74) is 1.33. The van der Waals surface area contributed by atoms with Gasteiger partial charge in [0.2, 0.25) is 11.5 Å². The summed E-state index contributed by atoms with van der Waals surface area (Å²) in [7, 11) is -2.40. The maximum Gasteiger partial charge on any atom is 0.248 e. The van der Waals surface area contributed by atoms with Gasteiger partial charge in [-0.05, 0) is 42.8 Å². The zero-order valence-electron chi connectivity index (χ0n) is 14.8. The second-order valence-electron chi connectivity index (χ2n) is 6.03. The topological polar surface area (TPSA) is 105 Å². The molecule has 1 aromatic heterocycles. The van der Waals surface area contributed by atoms with E-state index in [4.69, 9.17) is 4.74 Å². The molecule has 140 valence electrons. The molecule has 3 rings (SSSR count). The van der Waals surface area contributed by atoms with E-state index in [1.807, 2.05) is 0 Å². The molecule has 1 amide bonds. The van der Waals surface area contributed by atoms with Gasteiger partial charge in [0.15, 0.2) is 9.84 Å². The number of methoxy groups -OCH3 is 1. The third-order valence-electron chi connectivity index (χ3n) is 4.08. The zero-order chi connectivity index (χ0) is 19.6. The maximum atomic E-state index is 12.6. The summed E-state index contributed by atoms with van der Waals surface area (Å²) in [4.78, 5) is 26.4. The Morgan fingerprint density at radius 3 is 2.63 bits per heavy atom. The molecule has 0 spiro atoms. The lowest BCUT2D eigenvalue weighted by Crippen LogP contribution is -2.23. The summed E-state index contributed by atoms with van der Waals surface area (Å²) >= 11 is 0. The first-order valence-electron chi connectivity index (χ1n) is 8.09. The number of amides is 1. The van der Waals surface area contributed by atoms with Crippen molar-refractivity contribution in [2.75, 3.05) is 18.2 Å². The summed E-state index contributed by atoms with van der Waals surface area (Å²) in [5, 5.41) is 3.16. The van der Waals surface area contributed by atoms with Gasteiger partial charge in [0.1, 0.15) is 11.5 Å². The fraction of sp³-hybridized carbons (Fsp3) is 0.158. The fourth-order valence-corrected chi connectivity index (χ4v) is 3.94. The summed E-state index contributed by atoms with van der Waals surface area (Å²) in [6.45, 7) is 1.72. The largest absolute Gasteiger partial charge is 0.495 e. The molecule has 2 N–H and O–H groups in total. The number of aromatic nitrogens is 1. The van der Waals surface area contributed by atoms with Gasteiger partial charge in [-0.3, -0.25) is 9.59 Å². The minimum absolute atomic E-state index is 0.0142. The molecule has 7 nitrogen and oxygen atoms in total. The molecule has 0 atom stereocenters. The summed E-state index contributed by atoms with van der Waals surface area (Å²) in [5.74, 6) is -0.940. The van der Waals surface area contributed by atoms with Gasteiger partial charge in [0, 0.05) is 17.0 Å². The van der Waals surface area contributed by atoms with Crippen LogP contribution in [0.15, 0.2) is 58.2 Å². The molecule has 2 aromatic carbocycles. The highest BCUT2D eigenvalue weighted by Crippen LogP contribution is 2.24. The third kappa shape index (κ3) is 4.01. The molecule has 0 aliphatic heterocycles. The lowest BCUT2D eigenvalue weighted by Gasteiger charge is -2.11. The molecule has 0 unspecified atom stereocenters. The van der Waals surface area contributed by atoms with E-state index in [1.54, 1.807) is 31.2 Å². The Balaban J connectivity index is 1.87. The average Bonchev–Trinajstić information content (AvgIpc) is 2.61. The number of hydrogen-bond donors (Lipinski definition) is 2. The molecule has 1 heterocycles. The third-order valence-corrected chi connectivity index (χ3v) is 5.70. The molecule has 0 radical (unpaired) electrons. The van der Waals surface area contributed by atoms with Crippen LogP contribution in [-0.2, 0) is 14.6 Å². The van der Waals surface area contributed by atoms with Gasteiger partial charge in [-0.15, -0.1) is 0 Å². The molecule has 0 saturated carbocycles. The first kappa shape index (κ1) is 18.7. The van der Waals surface area contributed by atoms with Crippen molar-refractivity contribution >= 4 is 32.3 Å². The lowest BCUT2D eigenvalue weighted by atomic mass is 10.1. The Hall–Kier alpha value is -3.13. The van der Waals surface area contributed by atoms with Crippen molar-refractivity contribution in [1.29, 1.82) is 0 Å². The van der Waals surface area contributed by atoms with Crippen molar-refractivity contribution in [3.63, 3.8) is 0 Å². The predicted octanol–water partition coefficient (Wildman–Crippen LogP) is 2.26. The summed E-state index contributed by atoms with van der Waals surface area (Å²) < 4.78 is 30.4. The number of pyridine rings is 1. The van der Waals surface area contributed by atoms with Crippen LogP contribution in [0, 0.1) is 6.92 Å². The molecule has 27 heavy (non-hydrogen) atoms.